The maximum Gasteiger partial charge on any atom is 0.129 e. The fraction of sp³-hybridized carbons (Fsp3) is 0.129. The van der Waals surface area contributed by atoms with Crippen molar-refractivity contribution in [1.29, 1.82) is 0 Å². The van der Waals surface area contributed by atoms with Crippen LogP contribution in [0.15, 0.2) is 112 Å². The number of fused-ring (bicyclic) bond motifs is 3. The van der Waals surface area contributed by atoms with E-state index >= 15 is 0 Å². The summed E-state index contributed by atoms with van der Waals surface area (Å²) >= 11 is 3.65. The van der Waals surface area contributed by atoms with Gasteiger partial charge in [-0.3, -0.25) is 4.99 Å². The standard InChI is InChI=1S/C31H25BrN2O/c1-20-13-14-33-30(15-20)34-28-10-6-5-9-26(28)27-12-11-22(19-29(27)34)31(35)24-16-23(17-25(32)18-24)21-7-3-2-4-8-21/h2-14,16-19,30-31,35H,15H2,1H3. The number of dihydropyridines is 1. The topological polar surface area (TPSA) is 37.5 Å². The van der Waals surface area contributed by atoms with Gasteiger partial charge < -0.3 is 9.67 Å². The van der Waals surface area contributed by atoms with Gasteiger partial charge in [-0.1, -0.05) is 82.2 Å². The SMILES string of the molecule is CC1=CC=NC(n2c3ccccc3c3ccc(C(O)c4cc(Br)cc(-c5ccccc5)c4)cc32)C1. The van der Waals surface area contributed by atoms with E-state index in [2.05, 4.69) is 94.2 Å². The van der Waals surface area contributed by atoms with Crippen molar-refractivity contribution in [3.05, 3.63) is 118 Å². The minimum absolute atomic E-state index is 0.00495. The van der Waals surface area contributed by atoms with Crippen molar-refractivity contribution < 1.29 is 5.11 Å². The van der Waals surface area contributed by atoms with Gasteiger partial charge in [0.15, 0.2) is 0 Å². The molecular weight excluding hydrogens is 496 g/mol. The summed E-state index contributed by atoms with van der Waals surface area (Å²) in [4.78, 5) is 4.80. The van der Waals surface area contributed by atoms with Gasteiger partial charge >= 0.3 is 0 Å². The summed E-state index contributed by atoms with van der Waals surface area (Å²) in [6, 6.07) is 31.2. The summed E-state index contributed by atoms with van der Waals surface area (Å²) < 4.78 is 3.27. The first-order valence-electron chi connectivity index (χ1n) is 11.8. The van der Waals surface area contributed by atoms with Crippen LogP contribution >= 0.6 is 15.9 Å². The lowest BCUT2D eigenvalue weighted by Gasteiger charge is -2.21. The smallest absolute Gasteiger partial charge is 0.129 e. The fourth-order valence-electron chi connectivity index (χ4n) is 5.10. The molecule has 172 valence electrons. The second kappa shape index (κ2) is 8.95. The highest BCUT2D eigenvalue weighted by Crippen LogP contribution is 2.38. The molecule has 0 bridgehead atoms. The monoisotopic (exact) mass is 520 g/mol. The molecule has 35 heavy (non-hydrogen) atoms. The van der Waals surface area contributed by atoms with Crippen LogP contribution in [-0.2, 0) is 0 Å². The third-order valence-electron chi connectivity index (χ3n) is 6.81. The highest BCUT2D eigenvalue weighted by Gasteiger charge is 2.21. The lowest BCUT2D eigenvalue weighted by molar-refractivity contribution is 0.220. The number of hydrogen-bond acceptors (Lipinski definition) is 2. The quantitative estimate of drug-likeness (QED) is 0.254. The molecule has 3 nitrogen and oxygen atoms in total. The highest BCUT2D eigenvalue weighted by molar-refractivity contribution is 9.10. The van der Waals surface area contributed by atoms with Gasteiger partial charge in [0.25, 0.3) is 0 Å². The maximum atomic E-state index is 11.5. The molecule has 5 aromatic rings. The molecule has 0 fully saturated rings. The number of para-hydroxylation sites is 1. The number of halogens is 1. The predicted molar refractivity (Wildman–Crippen MR) is 149 cm³/mol. The van der Waals surface area contributed by atoms with Gasteiger partial charge in [0, 0.05) is 27.9 Å². The maximum absolute atomic E-state index is 11.5. The van der Waals surface area contributed by atoms with E-state index in [1.54, 1.807) is 0 Å². The molecule has 0 saturated heterocycles. The molecule has 1 N–H and O–H groups in total. The van der Waals surface area contributed by atoms with E-state index in [0.29, 0.717) is 0 Å². The van der Waals surface area contributed by atoms with E-state index in [1.807, 2.05) is 36.5 Å². The average molecular weight is 521 g/mol. The van der Waals surface area contributed by atoms with Crippen molar-refractivity contribution in [1.82, 2.24) is 4.57 Å². The number of nitrogens with zero attached hydrogens (tertiary/aromatic N) is 2. The average Bonchev–Trinajstić information content (AvgIpc) is 3.22. The van der Waals surface area contributed by atoms with E-state index in [-0.39, 0.29) is 6.17 Å². The van der Waals surface area contributed by atoms with Crippen LogP contribution in [0.25, 0.3) is 32.9 Å². The Balaban J connectivity index is 1.48. The lowest BCUT2D eigenvalue weighted by atomic mass is 9.96. The zero-order valence-electron chi connectivity index (χ0n) is 19.4. The number of allylic oxidation sites excluding steroid dienone is 1. The molecule has 4 aromatic carbocycles. The van der Waals surface area contributed by atoms with Crippen LogP contribution in [0.5, 0.6) is 0 Å². The summed E-state index contributed by atoms with van der Waals surface area (Å²) in [5, 5.41) is 13.9. The molecule has 4 heteroatoms. The van der Waals surface area contributed by atoms with Crippen molar-refractivity contribution in [2.75, 3.05) is 0 Å². The zero-order valence-corrected chi connectivity index (χ0v) is 21.0. The predicted octanol–water partition coefficient (Wildman–Crippen LogP) is 8.23. The number of hydrogen-bond donors (Lipinski definition) is 1. The number of rotatable bonds is 4. The van der Waals surface area contributed by atoms with Crippen LogP contribution in [0.2, 0.25) is 0 Å². The van der Waals surface area contributed by atoms with E-state index in [1.165, 1.54) is 21.9 Å². The number of aliphatic hydroxyl groups excluding tert-OH is 1. The third kappa shape index (κ3) is 4.03. The molecule has 1 aliphatic rings. The Hall–Kier alpha value is -3.47. The van der Waals surface area contributed by atoms with Gasteiger partial charge in [0.05, 0.1) is 11.0 Å². The van der Waals surface area contributed by atoms with E-state index < -0.39 is 6.10 Å². The molecule has 0 radical (unpaired) electrons. The summed E-state index contributed by atoms with van der Waals surface area (Å²) in [5.41, 5.74) is 7.49. The number of aromatic nitrogens is 1. The van der Waals surface area contributed by atoms with Crippen molar-refractivity contribution in [2.45, 2.75) is 25.6 Å². The van der Waals surface area contributed by atoms with Gasteiger partial charge in [-0.05, 0) is 65.6 Å². The first-order chi connectivity index (χ1) is 17.1. The van der Waals surface area contributed by atoms with Gasteiger partial charge in [0.2, 0.25) is 0 Å². The van der Waals surface area contributed by atoms with Crippen molar-refractivity contribution >= 4 is 44.0 Å². The molecule has 0 amide bonds. The molecular formula is C31H25BrN2O. The summed E-state index contributed by atoms with van der Waals surface area (Å²) in [5.74, 6) is 0. The van der Waals surface area contributed by atoms with Crippen LogP contribution in [0.3, 0.4) is 0 Å². The Bertz CT molecular complexity index is 1610. The number of benzene rings is 4. The Kier molecular flexibility index (Phi) is 5.63. The Morgan fingerprint density at radius 2 is 1.60 bits per heavy atom. The van der Waals surface area contributed by atoms with Crippen LogP contribution in [0, 0.1) is 0 Å². The van der Waals surface area contributed by atoms with E-state index in [9.17, 15) is 5.11 Å². The molecule has 2 atom stereocenters. The second-order valence-corrected chi connectivity index (χ2v) is 10.1. The van der Waals surface area contributed by atoms with Crippen LogP contribution < -0.4 is 0 Å². The van der Waals surface area contributed by atoms with Crippen molar-refractivity contribution in [3.8, 4) is 11.1 Å². The molecule has 6 rings (SSSR count). The molecule has 2 unspecified atom stereocenters. The van der Waals surface area contributed by atoms with Gasteiger partial charge in [-0.25, -0.2) is 0 Å². The summed E-state index contributed by atoms with van der Waals surface area (Å²) in [6.45, 7) is 2.15. The van der Waals surface area contributed by atoms with Crippen LogP contribution in [-0.4, -0.2) is 15.9 Å². The molecule has 0 aliphatic carbocycles. The first kappa shape index (κ1) is 22.0. The van der Waals surface area contributed by atoms with Crippen LogP contribution in [0.4, 0.5) is 0 Å². The minimum atomic E-state index is -0.748. The lowest BCUT2D eigenvalue weighted by Crippen LogP contribution is -2.10. The Labute approximate surface area is 213 Å². The Morgan fingerprint density at radius 3 is 2.43 bits per heavy atom. The number of aliphatic hydroxyl groups is 1. The number of aliphatic imine (C=N–C) groups is 1. The highest BCUT2D eigenvalue weighted by atomic mass is 79.9. The van der Waals surface area contributed by atoms with Crippen molar-refractivity contribution in [3.63, 3.8) is 0 Å². The molecule has 0 spiro atoms. The van der Waals surface area contributed by atoms with Gasteiger partial charge in [0.1, 0.15) is 12.3 Å². The minimum Gasteiger partial charge on any atom is -0.384 e. The van der Waals surface area contributed by atoms with Gasteiger partial charge in [-0.2, -0.15) is 0 Å². The van der Waals surface area contributed by atoms with Gasteiger partial charge in [-0.15, -0.1) is 0 Å². The second-order valence-electron chi connectivity index (χ2n) is 9.20. The fourth-order valence-corrected chi connectivity index (χ4v) is 5.62. The molecule has 0 saturated carbocycles. The third-order valence-corrected chi connectivity index (χ3v) is 7.27. The largest absolute Gasteiger partial charge is 0.384 e. The molecule has 1 aliphatic heterocycles. The van der Waals surface area contributed by atoms with E-state index in [0.717, 1.165) is 38.7 Å². The normalized spacial score (nSPS) is 16.5. The zero-order chi connectivity index (χ0) is 23.9. The van der Waals surface area contributed by atoms with E-state index in [4.69, 9.17) is 4.99 Å². The van der Waals surface area contributed by atoms with Crippen LogP contribution in [0.1, 0.15) is 36.7 Å². The molecule has 2 heterocycles. The molecule has 1 aromatic heterocycles. The van der Waals surface area contributed by atoms with Crippen molar-refractivity contribution in [2.24, 2.45) is 4.99 Å². The summed E-state index contributed by atoms with van der Waals surface area (Å²) in [7, 11) is 0. The first-order valence-corrected chi connectivity index (χ1v) is 12.6. The Morgan fingerprint density at radius 1 is 0.829 bits per heavy atom. The summed E-state index contributed by atoms with van der Waals surface area (Å²) in [6.07, 6.45) is 4.13.